The highest BCUT2D eigenvalue weighted by Gasteiger charge is 2.37. The molecule has 0 N–H and O–H groups in total. The van der Waals surface area contributed by atoms with Crippen LogP contribution in [0.2, 0.25) is 0 Å². The van der Waals surface area contributed by atoms with Gasteiger partial charge in [-0.3, -0.25) is 4.79 Å². The fourth-order valence-electron chi connectivity index (χ4n) is 0.286. The molecule has 1 radical (unpaired) electrons. The van der Waals surface area contributed by atoms with Crippen molar-refractivity contribution in [3.05, 3.63) is 0 Å². The van der Waals surface area contributed by atoms with Gasteiger partial charge in [0, 0.05) is 0 Å². The Morgan fingerprint density at radius 2 is 2.33 bits per heavy atom. The van der Waals surface area contributed by atoms with Crippen molar-refractivity contribution in [2.75, 3.05) is 0 Å². The van der Waals surface area contributed by atoms with Crippen LogP contribution in [0, 0.1) is 5.92 Å². The molecule has 1 aliphatic carbocycles. The normalized spacial score (nSPS) is 42.2. The lowest BCUT2D eigenvalue weighted by atomic mass is 10.5. The highest BCUT2D eigenvalue weighted by Crippen LogP contribution is 2.30. The average Bonchev–Trinajstić information content (AvgIpc) is 2.19. The second kappa shape index (κ2) is 1.03. The van der Waals surface area contributed by atoms with Crippen LogP contribution in [0.5, 0.6) is 0 Å². The fraction of sp³-hybridized carbons (Fsp3) is 0.750. The molecule has 0 aromatic carbocycles. The van der Waals surface area contributed by atoms with Gasteiger partial charge in [0.25, 0.3) is 0 Å². The number of rotatable bonds is 1. The minimum absolute atomic E-state index is 0.370. The first-order valence-electron chi connectivity index (χ1n) is 1.86. The third kappa shape index (κ3) is 0.421. The number of hydrogen-bond donors (Lipinski definition) is 0. The van der Waals surface area contributed by atoms with Crippen molar-refractivity contribution in [3.63, 3.8) is 0 Å². The summed E-state index contributed by atoms with van der Waals surface area (Å²) in [4.78, 5) is 9.41. The molecule has 0 heterocycles. The predicted molar refractivity (Wildman–Crippen MR) is 18.7 cm³/mol. The quantitative estimate of drug-likeness (QED) is 0.454. The van der Waals surface area contributed by atoms with E-state index in [0.29, 0.717) is 6.42 Å². The van der Waals surface area contributed by atoms with Crippen molar-refractivity contribution in [2.45, 2.75) is 12.6 Å². The molecule has 1 fully saturated rings. The van der Waals surface area contributed by atoms with Crippen LogP contribution in [0.3, 0.4) is 0 Å². The molecule has 0 aromatic heterocycles. The molecule has 6 heavy (non-hydrogen) atoms. The number of carbonyl (C=O) groups excluding carboxylic acids is 1. The Kier molecular flexibility index (Phi) is 0.650. The van der Waals surface area contributed by atoms with Gasteiger partial charge < -0.3 is 0 Å². The smallest absolute Gasteiger partial charge is 0.204 e. The maximum atomic E-state index is 11.5. The summed E-state index contributed by atoms with van der Waals surface area (Å²) >= 11 is 0. The first-order valence-corrected chi connectivity index (χ1v) is 1.86. The predicted octanol–water partition coefficient (Wildman–Crippen LogP) is 0.454. The van der Waals surface area contributed by atoms with E-state index in [0.717, 1.165) is 0 Å². The molecule has 2 unspecified atom stereocenters. The van der Waals surface area contributed by atoms with Crippen molar-refractivity contribution in [1.82, 2.24) is 0 Å². The summed E-state index contributed by atoms with van der Waals surface area (Å²) < 4.78 is 11.5. The van der Waals surface area contributed by atoms with Gasteiger partial charge in [-0.05, 0) is 6.42 Å². The van der Waals surface area contributed by atoms with Crippen molar-refractivity contribution >= 4 is 6.29 Å². The molecule has 33 valence electrons. The fourth-order valence-corrected chi connectivity index (χ4v) is 0.286. The van der Waals surface area contributed by atoms with E-state index in [9.17, 15) is 9.18 Å². The molecule has 0 aromatic rings. The summed E-state index contributed by atoms with van der Waals surface area (Å²) in [5.41, 5.74) is 0. The van der Waals surface area contributed by atoms with Gasteiger partial charge in [-0.15, -0.1) is 0 Å². The first kappa shape index (κ1) is 3.78. The largest absolute Gasteiger partial charge is 0.290 e. The molecule has 1 saturated carbocycles. The Morgan fingerprint density at radius 3 is 2.33 bits per heavy atom. The molecular weight excluding hydrogens is 83.0 g/mol. The number of hydrogen-bond acceptors (Lipinski definition) is 1. The lowest BCUT2D eigenvalue weighted by Gasteiger charge is -1.62. The maximum absolute atomic E-state index is 11.5. The molecular formula is C4H4FO. The van der Waals surface area contributed by atoms with Crippen LogP contribution in [0.1, 0.15) is 6.42 Å². The monoisotopic (exact) mass is 87.0 g/mol. The van der Waals surface area contributed by atoms with Gasteiger partial charge in [-0.25, -0.2) is 4.39 Å². The van der Waals surface area contributed by atoms with Gasteiger partial charge in [0.15, 0.2) is 0 Å². The van der Waals surface area contributed by atoms with E-state index in [-0.39, 0.29) is 5.92 Å². The van der Waals surface area contributed by atoms with E-state index in [4.69, 9.17) is 0 Å². The van der Waals surface area contributed by atoms with Crippen molar-refractivity contribution in [3.8, 4) is 0 Å². The van der Waals surface area contributed by atoms with Crippen LogP contribution in [0.15, 0.2) is 0 Å². The van der Waals surface area contributed by atoms with Gasteiger partial charge in [0.05, 0.1) is 5.92 Å². The standard InChI is InChI=1S/C4H4FO/c5-4-1-3(4)2-6/h3-4H,1H2. The zero-order chi connectivity index (χ0) is 4.57. The summed E-state index contributed by atoms with van der Waals surface area (Å²) in [5, 5.41) is 0. The van der Waals surface area contributed by atoms with Crippen LogP contribution >= 0.6 is 0 Å². The molecule has 1 rings (SSSR count). The summed E-state index contributed by atoms with van der Waals surface area (Å²) in [6.45, 7) is 0. The van der Waals surface area contributed by atoms with Crippen molar-refractivity contribution in [1.29, 1.82) is 0 Å². The van der Waals surface area contributed by atoms with Crippen LogP contribution in [-0.4, -0.2) is 12.5 Å². The van der Waals surface area contributed by atoms with Gasteiger partial charge in [0.1, 0.15) is 6.17 Å². The molecule has 0 saturated heterocycles. The van der Waals surface area contributed by atoms with E-state index in [2.05, 4.69) is 0 Å². The van der Waals surface area contributed by atoms with Crippen molar-refractivity contribution < 1.29 is 9.18 Å². The van der Waals surface area contributed by atoms with Crippen LogP contribution in [-0.2, 0) is 4.79 Å². The average molecular weight is 87.1 g/mol. The summed E-state index contributed by atoms with van der Waals surface area (Å²) in [6.07, 6.45) is 1.11. The zero-order valence-electron chi connectivity index (χ0n) is 3.15. The Labute approximate surface area is 35.2 Å². The Hall–Kier alpha value is -0.400. The third-order valence-corrected chi connectivity index (χ3v) is 0.864. The minimum Gasteiger partial charge on any atom is -0.290 e. The van der Waals surface area contributed by atoms with E-state index in [1.807, 2.05) is 0 Å². The second-order valence-electron chi connectivity index (χ2n) is 1.48. The third-order valence-electron chi connectivity index (χ3n) is 0.864. The Balaban J connectivity index is 2.25. The van der Waals surface area contributed by atoms with Gasteiger partial charge >= 0.3 is 0 Å². The Morgan fingerprint density at radius 1 is 1.83 bits per heavy atom. The molecule has 2 atom stereocenters. The van der Waals surface area contributed by atoms with Crippen LogP contribution in [0.4, 0.5) is 4.39 Å². The highest BCUT2D eigenvalue weighted by molar-refractivity contribution is 5.59. The van der Waals surface area contributed by atoms with Crippen LogP contribution in [0.25, 0.3) is 0 Å². The maximum Gasteiger partial charge on any atom is 0.204 e. The number of alkyl halides is 1. The molecule has 0 amide bonds. The Bertz CT molecular complexity index is 71.9. The lowest BCUT2D eigenvalue weighted by Crippen LogP contribution is -1.76. The minimum atomic E-state index is -0.859. The zero-order valence-corrected chi connectivity index (χ0v) is 3.15. The lowest BCUT2D eigenvalue weighted by molar-refractivity contribution is 0.459. The van der Waals surface area contributed by atoms with Gasteiger partial charge in [-0.2, -0.15) is 0 Å². The molecule has 0 aliphatic heterocycles. The second-order valence-corrected chi connectivity index (χ2v) is 1.48. The summed E-state index contributed by atoms with van der Waals surface area (Å²) in [7, 11) is 0. The van der Waals surface area contributed by atoms with Crippen molar-refractivity contribution in [2.24, 2.45) is 5.92 Å². The highest BCUT2D eigenvalue weighted by atomic mass is 19.1. The van der Waals surface area contributed by atoms with E-state index in [1.165, 1.54) is 0 Å². The summed E-state index contributed by atoms with van der Waals surface area (Å²) in [6, 6.07) is 0. The van der Waals surface area contributed by atoms with E-state index >= 15 is 0 Å². The van der Waals surface area contributed by atoms with E-state index in [1.54, 1.807) is 6.29 Å². The molecule has 0 spiro atoms. The first-order chi connectivity index (χ1) is 2.84. The summed E-state index contributed by atoms with van der Waals surface area (Å²) in [5.74, 6) is -0.370. The topological polar surface area (TPSA) is 17.1 Å². The SMILES string of the molecule is O=[C]C1CC1F. The van der Waals surface area contributed by atoms with Gasteiger partial charge in [-0.1, -0.05) is 0 Å². The van der Waals surface area contributed by atoms with Gasteiger partial charge in [0.2, 0.25) is 6.29 Å². The molecule has 1 aliphatic rings. The van der Waals surface area contributed by atoms with Crippen LogP contribution < -0.4 is 0 Å². The molecule has 1 nitrogen and oxygen atoms in total. The number of halogens is 1. The molecule has 0 bridgehead atoms. The van der Waals surface area contributed by atoms with E-state index < -0.39 is 6.17 Å². The molecule has 2 heteroatoms.